The molecule has 0 saturated carbocycles. The molecule has 0 bridgehead atoms. The second-order valence-electron chi connectivity index (χ2n) is 5.55. The van der Waals surface area contributed by atoms with Gasteiger partial charge in [0.2, 0.25) is 0 Å². The van der Waals surface area contributed by atoms with Crippen LogP contribution in [0.2, 0.25) is 0 Å². The first kappa shape index (κ1) is 19.5. The molecule has 0 radical (unpaired) electrons. The number of aromatic nitrogens is 4. The van der Waals surface area contributed by atoms with Crippen LogP contribution < -0.4 is 0 Å². The molecule has 0 aromatic carbocycles. The van der Waals surface area contributed by atoms with Gasteiger partial charge in [0.15, 0.2) is 0 Å². The maximum Gasteiger partial charge on any atom is 0.433 e. The van der Waals surface area contributed by atoms with E-state index in [1.54, 1.807) is 13.8 Å². The van der Waals surface area contributed by atoms with Crippen LogP contribution in [-0.2, 0) is 12.4 Å². The van der Waals surface area contributed by atoms with Crippen molar-refractivity contribution < 1.29 is 26.3 Å². The predicted molar refractivity (Wildman–Crippen MR) is 87.4 cm³/mol. The highest BCUT2D eigenvalue weighted by Gasteiger charge is 2.34. The smallest absolute Gasteiger partial charge is 0.287 e. The Bertz CT molecular complexity index is 993. The van der Waals surface area contributed by atoms with Crippen molar-refractivity contribution in [3.05, 3.63) is 41.6 Å². The summed E-state index contributed by atoms with van der Waals surface area (Å²) in [7, 11) is 0. The van der Waals surface area contributed by atoms with Gasteiger partial charge in [-0.2, -0.15) is 26.3 Å². The van der Waals surface area contributed by atoms with Crippen LogP contribution in [0.3, 0.4) is 0 Å². The van der Waals surface area contributed by atoms with E-state index in [9.17, 15) is 26.3 Å². The molecule has 11 heteroatoms. The molecule has 144 valence electrons. The van der Waals surface area contributed by atoms with Crippen LogP contribution in [-0.4, -0.2) is 25.1 Å². The van der Waals surface area contributed by atoms with Gasteiger partial charge in [-0.25, -0.2) is 9.97 Å². The first-order chi connectivity index (χ1) is 12.5. The zero-order chi connectivity index (χ0) is 20.0. The fourth-order valence-corrected chi connectivity index (χ4v) is 3.29. The second-order valence-corrected chi connectivity index (χ2v) is 6.85. The third kappa shape index (κ3) is 3.73. The molecule has 0 aliphatic carbocycles. The summed E-state index contributed by atoms with van der Waals surface area (Å²) >= 11 is 1.15. The van der Waals surface area contributed by atoms with Crippen molar-refractivity contribution in [1.29, 1.82) is 0 Å². The zero-order valence-corrected chi connectivity index (χ0v) is 14.8. The highest BCUT2D eigenvalue weighted by atomic mass is 32.2. The van der Waals surface area contributed by atoms with Gasteiger partial charge in [0.1, 0.15) is 29.1 Å². The number of halogens is 6. The number of hydrogen-bond acceptors (Lipinski definition) is 4. The Morgan fingerprint density at radius 2 is 1.70 bits per heavy atom. The molecule has 0 amide bonds. The molecule has 27 heavy (non-hydrogen) atoms. The van der Waals surface area contributed by atoms with Gasteiger partial charge >= 0.3 is 12.4 Å². The second kappa shape index (κ2) is 6.70. The molecule has 0 fully saturated rings. The van der Waals surface area contributed by atoms with E-state index < -0.39 is 23.6 Å². The fraction of sp³-hybridized carbons (Fsp3) is 0.312. The predicted octanol–water partition coefficient (Wildman–Crippen LogP) is 5.25. The number of thioether (sulfide) groups is 1. The van der Waals surface area contributed by atoms with Gasteiger partial charge in [-0.15, -0.1) is 11.8 Å². The van der Waals surface area contributed by atoms with Crippen LogP contribution in [0.25, 0.3) is 17.0 Å². The largest absolute Gasteiger partial charge is 0.433 e. The Labute approximate surface area is 153 Å². The quantitative estimate of drug-likeness (QED) is 0.440. The lowest BCUT2D eigenvalue weighted by Crippen LogP contribution is -2.08. The number of rotatable bonds is 3. The lowest BCUT2D eigenvalue weighted by atomic mass is 10.2. The minimum Gasteiger partial charge on any atom is -0.287 e. The number of nitrogens with zero attached hydrogens (tertiary/aromatic N) is 4. The minimum atomic E-state index is -4.63. The number of pyridine rings is 1. The first-order valence-corrected chi connectivity index (χ1v) is 8.63. The molecule has 0 spiro atoms. The number of alkyl halides is 6. The van der Waals surface area contributed by atoms with E-state index in [0.29, 0.717) is 17.6 Å². The van der Waals surface area contributed by atoms with Crippen molar-refractivity contribution >= 4 is 17.4 Å². The van der Waals surface area contributed by atoms with Crippen molar-refractivity contribution in [2.75, 3.05) is 5.75 Å². The van der Waals surface area contributed by atoms with Gasteiger partial charge in [-0.3, -0.25) is 9.38 Å². The van der Waals surface area contributed by atoms with Crippen molar-refractivity contribution in [2.24, 2.45) is 0 Å². The highest BCUT2D eigenvalue weighted by molar-refractivity contribution is 7.99. The van der Waals surface area contributed by atoms with Crippen LogP contribution in [0, 0.1) is 6.92 Å². The van der Waals surface area contributed by atoms with Crippen molar-refractivity contribution in [1.82, 2.24) is 19.4 Å². The van der Waals surface area contributed by atoms with Gasteiger partial charge in [0, 0.05) is 17.2 Å². The van der Waals surface area contributed by atoms with Gasteiger partial charge < -0.3 is 0 Å². The minimum absolute atomic E-state index is 0.0148. The maximum absolute atomic E-state index is 13.0. The van der Waals surface area contributed by atoms with Crippen molar-refractivity contribution in [3.8, 4) is 11.4 Å². The number of hydrogen-bond donors (Lipinski definition) is 0. The van der Waals surface area contributed by atoms with Crippen molar-refractivity contribution in [2.45, 2.75) is 31.1 Å². The molecule has 3 heterocycles. The van der Waals surface area contributed by atoms with Gasteiger partial charge in [-0.05, 0) is 18.7 Å². The Balaban J connectivity index is 2.18. The van der Waals surface area contributed by atoms with Crippen molar-refractivity contribution in [3.63, 3.8) is 0 Å². The summed E-state index contributed by atoms with van der Waals surface area (Å²) in [5.74, 6) is 0.488. The molecule has 0 aliphatic rings. The van der Waals surface area contributed by atoms with E-state index in [-0.39, 0.29) is 21.9 Å². The van der Waals surface area contributed by atoms with Gasteiger partial charge in [0.25, 0.3) is 0 Å². The van der Waals surface area contributed by atoms with Gasteiger partial charge in [0.05, 0.1) is 11.3 Å². The summed E-state index contributed by atoms with van der Waals surface area (Å²) in [6, 6.07) is 1.76. The van der Waals surface area contributed by atoms with Gasteiger partial charge in [-0.1, -0.05) is 6.92 Å². The Morgan fingerprint density at radius 1 is 1.00 bits per heavy atom. The monoisotopic (exact) mass is 406 g/mol. The van der Waals surface area contributed by atoms with Crippen LogP contribution >= 0.6 is 11.8 Å². The molecule has 0 unspecified atom stereocenters. The molecular formula is C16H12F6N4S. The molecule has 3 aromatic rings. The third-order valence-electron chi connectivity index (χ3n) is 3.75. The molecule has 4 nitrogen and oxygen atoms in total. The Hall–Kier alpha value is -2.30. The van der Waals surface area contributed by atoms with E-state index in [1.807, 2.05) is 0 Å². The number of fused-ring (bicyclic) bond motifs is 1. The van der Waals surface area contributed by atoms with E-state index in [2.05, 4.69) is 15.0 Å². The van der Waals surface area contributed by atoms with Crippen LogP contribution in [0.4, 0.5) is 26.3 Å². The number of imidazole rings is 1. The summed E-state index contributed by atoms with van der Waals surface area (Å²) in [5.41, 5.74) is -1.19. The summed E-state index contributed by atoms with van der Waals surface area (Å²) in [6.07, 6.45) is -7.50. The molecule has 0 aliphatic heterocycles. The standard InChI is InChI=1S/C16H12F6N4S/c1-3-27-10-4-9(15(17,18)19)6-23-14(10)13-8(2)26-7-24-11(16(20,21)22)5-12(26)25-13/h4-7H,3H2,1-2H3. The highest BCUT2D eigenvalue weighted by Crippen LogP contribution is 2.37. The molecule has 3 rings (SSSR count). The van der Waals surface area contributed by atoms with E-state index >= 15 is 0 Å². The average Bonchev–Trinajstić information content (AvgIpc) is 2.90. The molecule has 0 saturated heterocycles. The lowest BCUT2D eigenvalue weighted by Gasteiger charge is -2.11. The van der Waals surface area contributed by atoms with E-state index in [4.69, 9.17) is 0 Å². The van der Waals surface area contributed by atoms with E-state index in [1.165, 1.54) is 4.40 Å². The maximum atomic E-state index is 13.0. The normalized spacial score (nSPS) is 12.7. The van der Waals surface area contributed by atoms with Crippen LogP contribution in [0.5, 0.6) is 0 Å². The van der Waals surface area contributed by atoms with Crippen LogP contribution in [0.15, 0.2) is 29.6 Å². The lowest BCUT2D eigenvalue weighted by molar-refractivity contribution is -0.141. The van der Waals surface area contributed by atoms with E-state index in [0.717, 1.165) is 30.2 Å². The summed E-state index contributed by atoms with van der Waals surface area (Å²) < 4.78 is 78.8. The summed E-state index contributed by atoms with van der Waals surface area (Å²) in [5, 5.41) is 0. The molecule has 0 atom stereocenters. The molecular weight excluding hydrogens is 394 g/mol. The topological polar surface area (TPSA) is 43.1 Å². The molecule has 3 aromatic heterocycles. The summed E-state index contributed by atoms with van der Waals surface area (Å²) in [6.45, 7) is 3.36. The first-order valence-electron chi connectivity index (χ1n) is 7.64. The fourth-order valence-electron chi connectivity index (χ4n) is 2.48. The average molecular weight is 406 g/mol. The zero-order valence-electron chi connectivity index (χ0n) is 14.0. The third-order valence-corrected chi connectivity index (χ3v) is 4.66. The molecule has 0 N–H and O–H groups in total. The number of aryl methyl sites for hydroxylation is 1. The van der Waals surface area contributed by atoms with Crippen LogP contribution in [0.1, 0.15) is 23.9 Å². The SMILES string of the molecule is CCSc1cc(C(F)(F)F)cnc1-c1nc2cc(C(F)(F)F)ncn2c1C. The summed E-state index contributed by atoms with van der Waals surface area (Å²) in [4.78, 5) is 11.7. The Kier molecular flexibility index (Phi) is 4.83. The Morgan fingerprint density at radius 3 is 2.30 bits per heavy atom.